The lowest BCUT2D eigenvalue weighted by Crippen LogP contribution is -2.53. The third-order valence-electron chi connectivity index (χ3n) is 6.12. The Kier molecular flexibility index (Phi) is 9.19. The molecule has 1 unspecified atom stereocenters. The van der Waals surface area contributed by atoms with Crippen molar-refractivity contribution in [3.05, 3.63) is 65.2 Å². The van der Waals surface area contributed by atoms with Gasteiger partial charge in [0.05, 0.1) is 23.1 Å². The standard InChI is InChI=1S/C25H30F3N3O5S/c1-3-14-29-24(33)30-15-4-5-21(17-30)31(16-18-6-8-19(9-7-18)23(32)36-2)37(34,35)22-12-10-20(11-13-22)25(26,27)28/h6-13,21H,3-5,14-17H2,1-2H3,(H,29,33). The van der Waals surface area contributed by atoms with Gasteiger partial charge in [0.1, 0.15) is 0 Å². The third-order valence-corrected chi connectivity index (χ3v) is 8.03. The minimum atomic E-state index is -4.60. The molecule has 1 aliphatic rings. The maximum absolute atomic E-state index is 13.7. The topological polar surface area (TPSA) is 96.0 Å². The molecular weight excluding hydrogens is 511 g/mol. The van der Waals surface area contributed by atoms with E-state index in [0.29, 0.717) is 37.1 Å². The van der Waals surface area contributed by atoms with Gasteiger partial charge in [-0.2, -0.15) is 17.5 Å². The number of hydrogen-bond donors (Lipinski definition) is 1. The summed E-state index contributed by atoms with van der Waals surface area (Å²) < 4.78 is 72.5. The number of ether oxygens (including phenoxy) is 1. The van der Waals surface area contributed by atoms with Crippen LogP contribution in [0, 0.1) is 0 Å². The molecule has 202 valence electrons. The third kappa shape index (κ3) is 7.01. The Morgan fingerprint density at radius 2 is 1.76 bits per heavy atom. The largest absolute Gasteiger partial charge is 0.465 e. The van der Waals surface area contributed by atoms with Gasteiger partial charge in [-0.05, 0) is 61.2 Å². The first-order valence-corrected chi connectivity index (χ1v) is 13.3. The number of rotatable bonds is 8. The van der Waals surface area contributed by atoms with Gasteiger partial charge in [-0.25, -0.2) is 18.0 Å². The number of carbonyl (C=O) groups excluding carboxylic acids is 2. The number of halogens is 3. The molecule has 1 N–H and O–H groups in total. The van der Waals surface area contributed by atoms with E-state index in [1.165, 1.54) is 23.5 Å². The van der Waals surface area contributed by atoms with E-state index < -0.39 is 33.8 Å². The number of carbonyl (C=O) groups is 2. The number of sulfonamides is 1. The summed E-state index contributed by atoms with van der Waals surface area (Å²) in [4.78, 5) is 25.6. The Balaban J connectivity index is 1.94. The van der Waals surface area contributed by atoms with Crippen LogP contribution in [0.25, 0.3) is 0 Å². The molecule has 8 nitrogen and oxygen atoms in total. The second-order valence-corrected chi connectivity index (χ2v) is 10.6. The van der Waals surface area contributed by atoms with Crippen LogP contribution in [-0.4, -0.2) is 62.4 Å². The summed E-state index contributed by atoms with van der Waals surface area (Å²) in [6.45, 7) is 2.91. The van der Waals surface area contributed by atoms with Gasteiger partial charge < -0.3 is 15.0 Å². The molecule has 2 amide bonds. The van der Waals surface area contributed by atoms with Crippen molar-refractivity contribution in [2.45, 2.75) is 49.8 Å². The van der Waals surface area contributed by atoms with Crippen LogP contribution in [0.1, 0.15) is 47.7 Å². The van der Waals surface area contributed by atoms with Crippen LogP contribution < -0.4 is 5.32 Å². The number of nitrogens with zero attached hydrogens (tertiary/aromatic N) is 2. The highest BCUT2D eigenvalue weighted by Crippen LogP contribution is 2.31. The van der Waals surface area contributed by atoms with Gasteiger partial charge in [0.25, 0.3) is 0 Å². The maximum atomic E-state index is 13.7. The number of methoxy groups -OCH3 is 1. The lowest BCUT2D eigenvalue weighted by molar-refractivity contribution is -0.137. The average molecular weight is 542 g/mol. The van der Waals surface area contributed by atoms with E-state index in [1.807, 2.05) is 6.92 Å². The zero-order valence-corrected chi connectivity index (χ0v) is 21.4. The van der Waals surface area contributed by atoms with Crippen LogP contribution >= 0.6 is 0 Å². The van der Waals surface area contributed by atoms with Crippen molar-refractivity contribution in [3.8, 4) is 0 Å². The van der Waals surface area contributed by atoms with E-state index >= 15 is 0 Å². The Morgan fingerprint density at radius 1 is 1.11 bits per heavy atom. The normalized spacial score (nSPS) is 16.5. The Hall–Kier alpha value is -3.12. The predicted octanol–water partition coefficient (Wildman–Crippen LogP) is 4.27. The Bertz CT molecular complexity index is 1190. The van der Waals surface area contributed by atoms with E-state index in [0.717, 1.165) is 30.7 Å². The first-order chi connectivity index (χ1) is 17.5. The van der Waals surface area contributed by atoms with Gasteiger partial charge >= 0.3 is 18.2 Å². The summed E-state index contributed by atoms with van der Waals surface area (Å²) in [5.41, 5.74) is -0.0941. The fourth-order valence-corrected chi connectivity index (χ4v) is 5.76. The summed E-state index contributed by atoms with van der Waals surface area (Å²) in [5.74, 6) is -0.540. The molecule has 0 aliphatic carbocycles. The molecule has 1 saturated heterocycles. The van der Waals surface area contributed by atoms with E-state index in [9.17, 15) is 31.2 Å². The molecule has 1 fully saturated rings. The fraction of sp³-hybridized carbons (Fsp3) is 0.440. The SMILES string of the molecule is CCCNC(=O)N1CCCC(N(Cc2ccc(C(=O)OC)cc2)S(=O)(=O)c2ccc(C(F)(F)F)cc2)C1. The number of nitrogens with one attached hydrogen (secondary N) is 1. The zero-order valence-electron chi connectivity index (χ0n) is 20.6. The molecule has 2 aromatic rings. The molecular formula is C25H30F3N3O5S. The number of likely N-dealkylation sites (tertiary alicyclic amines) is 1. The quantitative estimate of drug-likeness (QED) is 0.504. The van der Waals surface area contributed by atoms with Gasteiger partial charge in [-0.3, -0.25) is 0 Å². The highest BCUT2D eigenvalue weighted by molar-refractivity contribution is 7.89. The lowest BCUT2D eigenvalue weighted by Gasteiger charge is -2.38. The molecule has 0 spiro atoms. The second kappa shape index (κ2) is 12.0. The van der Waals surface area contributed by atoms with E-state index in [4.69, 9.17) is 4.74 Å². The molecule has 1 heterocycles. The Morgan fingerprint density at radius 3 is 2.32 bits per heavy atom. The van der Waals surface area contributed by atoms with Gasteiger partial charge in [0.15, 0.2) is 0 Å². The number of esters is 1. The average Bonchev–Trinajstić information content (AvgIpc) is 2.89. The molecule has 1 aliphatic heterocycles. The highest BCUT2D eigenvalue weighted by atomic mass is 32.2. The number of urea groups is 1. The monoisotopic (exact) mass is 541 g/mol. The predicted molar refractivity (Wildman–Crippen MR) is 130 cm³/mol. The summed E-state index contributed by atoms with van der Waals surface area (Å²) in [7, 11) is -2.99. The van der Waals surface area contributed by atoms with Gasteiger partial charge in [-0.1, -0.05) is 19.1 Å². The van der Waals surface area contributed by atoms with Gasteiger partial charge in [0, 0.05) is 32.2 Å². The molecule has 2 aromatic carbocycles. The fourth-order valence-electron chi connectivity index (χ4n) is 4.12. The number of benzene rings is 2. The van der Waals surface area contributed by atoms with E-state index in [-0.39, 0.29) is 24.0 Å². The van der Waals surface area contributed by atoms with Crippen molar-refractivity contribution in [2.75, 3.05) is 26.7 Å². The van der Waals surface area contributed by atoms with E-state index in [1.54, 1.807) is 17.0 Å². The van der Waals surface area contributed by atoms with Gasteiger partial charge in [0.2, 0.25) is 10.0 Å². The van der Waals surface area contributed by atoms with Gasteiger partial charge in [-0.15, -0.1) is 0 Å². The molecule has 1 atom stereocenters. The lowest BCUT2D eigenvalue weighted by atomic mass is 10.1. The first-order valence-electron chi connectivity index (χ1n) is 11.9. The highest BCUT2D eigenvalue weighted by Gasteiger charge is 2.37. The second-order valence-electron chi connectivity index (χ2n) is 8.73. The van der Waals surface area contributed by atoms with Crippen LogP contribution in [0.15, 0.2) is 53.4 Å². The molecule has 0 aromatic heterocycles. The van der Waals surface area contributed by atoms with Crippen LogP contribution in [0.4, 0.5) is 18.0 Å². The molecule has 3 rings (SSSR count). The van der Waals surface area contributed by atoms with Crippen LogP contribution in [-0.2, 0) is 27.5 Å². The molecule has 0 radical (unpaired) electrons. The smallest absolute Gasteiger partial charge is 0.416 e. The Labute approximate surface area is 214 Å². The van der Waals surface area contributed by atoms with Crippen LogP contribution in [0.3, 0.4) is 0 Å². The van der Waals surface area contributed by atoms with Crippen molar-refractivity contribution in [1.82, 2.24) is 14.5 Å². The minimum Gasteiger partial charge on any atom is -0.465 e. The summed E-state index contributed by atoms with van der Waals surface area (Å²) in [6.07, 6.45) is -2.82. The number of hydrogen-bond acceptors (Lipinski definition) is 5. The zero-order chi connectivity index (χ0) is 27.2. The molecule has 12 heteroatoms. The molecule has 0 bridgehead atoms. The number of amides is 2. The molecule has 37 heavy (non-hydrogen) atoms. The van der Waals surface area contributed by atoms with Crippen molar-refractivity contribution in [2.24, 2.45) is 0 Å². The summed E-state index contributed by atoms with van der Waals surface area (Å²) in [6, 6.07) is 8.68. The van der Waals surface area contributed by atoms with Crippen molar-refractivity contribution in [3.63, 3.8) is 0 Å². The molecule has 0 saturated carbocycles. The van der Waals surface area contributed by atoms with Crippen molar-refractivity contribution < 1.29 is 35.9 Å². The maximum Gasteiger partial charge on any atom is 0.416 e. The van der Waals surface area contributed by atoms with Crippen LogP contribution in [0.2, 0.25) is 0 Å². The van der Waals surface area contributed by atoms with Crippen molar-refractivity contribution >= 4 is 22.0 Å². The summed E-state index contributed by atoms with van der Waals surface area (Å²) in [5, 5.41) is 2.79. The van der Waals surface area contributed by atoms with Crippen LogP contribution in [0.5, 0.6) is 0 Å². The minimum absolute atomic E-state index is 0.0973. The number of alkyl halides is 3. The number of piperidine rings is 1. The van der Waals surface area contributed by atoms with E-state index in [2.05, 4.69) is 5.32 Å². The summed E-state index contributed by atoms with van der Waals surface area (Å²) >= 11 is 0. The van der Waals surface area contributed by atoms with Crippen molar-refractivity contribution in [1.29, 1.82) is 0 Å². The first kappa shape index (κ1) is 28.5.